The second-order valence-corrected chi connectivity index (χ2v) is 9.60. The second-order valence-electron chi connectivity index (χ2n) is 9.60. The van der Waals surface area contributed by atoms with Crippen molar-refractivity contribution in [3.8, 4) is 34.3 Å². The van der Waals surface area contributed by atoms with Crippen LogP contribution in [-0.2, 0) is 0 Å². The lowest BCUT2D eigenvalue weighted by Crippen LogP contribution is -2.02. The van der Waals surface area contributed by atoms with Crippen LogP contribution in [0.5, 0.6) is 0 Å². The van der Waals surface area contributed by atoms with Gasteiger partial charge in [-0.05, 0) is 12.1 Å². The van der Waals surface area contributed by atoms with Crippen LogP contribution in [0, 0.1) is 0 Å². The van der Waals surface area contributed by atoms with Crippen LogP contribution in [0.1, 0.15) is 0 Å². The number of benzene rings is 4. The number of para-hydroxylation sites is 1. The Balaban J connectivity index is 1.52. The molecule has 0 saturated carbocycles. The average Bonchev–Trinajstić information content (AvgIpc) is 3.04. The van der Waals surface area contributed by atoms with Crippen molar-refractivity contribution in [1.29, 1.82) is 0 Å². The molecule has 0 radical (unpaired) electrons. The molecule has 8 rings (SSSR count). The molecule has 0 bridgehead atoms. The molecule has 0 amide bonds. The highest BCUT2D eigenvalue weighted by Gasteiger charge is 2.20. The van der Waals surface area contributed by atoms with Gasteiger partial charge < -0.3 is 0 Å². The summed E-state index contributed by atoms with van der Waals surface area (Å²) in [6, 6.07) is 36.3. The molecule has 0 atom stereocenters. The maximum atomic E-state index is 5.17. The van der Waals surface area contributed by atoms with E-state index in [2.05, 4.69) is 29.2 Å². The van der Waals surface area contributed by atoms with E-state index in [-0.39, 0.29) is 0 Å². The van der Waals surface area contributed by atoms with E-state index in [0.717, 1.165) is 54.6 Å². The van der Waals surface area contributed by atoms with Crippen LogP contribution in [0.25, 0.3) is 77.8 Å². The molecule has 8 aromatic rings. The fraction of sp³-hybridized carbons (Fsp3) is 0. The van der Waals surface area contributed by atoms with Gasteiger partial charge in [0.25, 0.3) is 0 Å². The summed E-state index contributed by atoms with van der Waals surface area (Å²) >= 11 is 0. The van der Waals surface area contributed by atoms with Crippen molar-refractivity contribution in [2.75, 3.05) is 0 Å². The van der Waals surface area contributed by atoms with Crippen LogP contribution in [0.4, 0.5) is 0 Å². The van der Waals surface area contributed by atoms with Crippen molar-refractivity contribution in [1.82, 2.24) is 29.9 Å². The smallest absolute Gasteiger partial charge is 0.183 e. The third kappa shape index (κ3) is 3.58. The summed E-state index contributed by atoms with van der Waals surface area (Å²) in [6.07, 6.45) is 3.73. The van der Waals surface area contributed by atoms with Crippen molar-refractivity contribution in [2.45, 2.75) is 0 Å². The first-order valence-electron chi connectivity index (χ1n) is 13.1. The second kappa shape index (κ2) is 8.99. The lowest BCUT2D eigenvalue weighted by molar-refractivity contribution is 1.07. The van der Waals surface area contributed by atoms with Crippen molar-refractivity contribution >= 4 is 43.5 Å². The van der Waals surface area contributed by atoms with Gasteiger partial charge in [0.15, 0.2) is 17.5 Å². The van der Waals surface area contributed by atoms with Crippen LogP contribution < -0.4 is 0 Å². The Bertz CT molecular complexity index is 2160. The van der Waals surface area contributed by atoms with Crippen molar-refractivity contribution < 1.29 is 0 Å². The fourth-order valence-electron chi connectivity index (χ4n) is 5.31. The Labute approximate surface area is 229 Å². The molecule has 186 valence electrons. The molecule has 0 aliphatic rings. The number of hydrogen-bond donors (Lipinski definition) is 0. The van der Waals surface area contributed by atoms with Crippen molar-refractivity contribution in [3.05, 3.63) is 122 Å². The Morgan fingerprint density at radius 1 is 0.425 bits per heavy atom. The minimum atomic E-state index is 0.511. The summed E-state index contributed by atoms with van der Waals surface area (Å²) in [5, 5.41) is 4.96. The third-order valence-electron chi connectivity index (χ3n) is 7.18. The first-order valence-corrected chi connectivity index (χ1v) is 13.1. The van der Waals surface area contributed by atoms with Gasteiger partial charge in [-0.15, -0.1) is 0 Å². The summed E-state index contributed by atoms with van der Waals surface area (Å²) in [5.41, 5.74) is 5.04. The van der Waals surface area contributed by atoms with Gasteiger partial charge in [0, 0.05) is 50.5 Å². The molecule has 0 fully saturated rings. The predicted molar refractivity (Wildman–Crippen MR) is 160 cm³/mol. The van der Waals surface area contributed by atoms with Gasteiger partial charge in [-0.1, -0.05) is 97.1 Å². The first kappa shape index (κ1) is 22.4. The number of pyridine rings is 3. The highest BCUT2D eigenvalue weighted by atomic mass is 15.0. The van der Waals surface area contributed by atoms with Crippen LogP contribution >= 0.6 is 0 Å². The van der Waals surface area contributed by atoms with Crippen LogP contribution in [0.15, 0.2) is 122 Å². The van der Waals surface area contributed by atoms with Gasteiger partial charge >= 0.3 is 0 Å². The minimum absolute atomic E-state index is 0.511. The van der Waals surface area contributed by atoms with Gasteiger partial charge in [0.05, 0.1) is 16.6 Å². The van der Waals surface area contributed by atoms with Crippen LogP contribution in [-0.4, -0.2) is 29.9 Å². The van der Waals surface area contributed by atoms with E-state index in [0.29, 0.717) is 23.2 Å². The zero-order chi connectivity index (χ0) is 26.5. The van der Waals surface area contributed by atoms with Gasteiger partial charge in [0.2, 0.25) is 0 Å². The van der Waals surface area contributed by atoms with Gasteiger partial charge in [-0.3, -0.25) is 9.97 Å². The number of fused-ring (bicyclic) bond motifs is 7. The number of aromatic nitrogens is 6. The van der Waals surface area contributed by atoms with E-state index in [1.165, 1.54) is 0 Å². The van der Waals surface area contributed by atoms with Crippen molar-refractivity contribution in [3.63, 3.8) is 0 Å². The van der Waals surface area contributed by atoms with E-state index in [9.17, 15) is 0 Å². The fourth-order valence-corrected chi connectivity index (χ4v) is 5.31. The zero-order valence-electron chi connectivity index (χ0n) is 21.2. The van der Waals surface area contributed by atoms with E-state index in [4.69, 9.17) is 24.9 Å². The Morgan fingerprint density at radius 2 is 1.10 bits per heavy atom. The third-order valence-corrected chi connectivity index (χ3v) is 7.18. The molecule has 0 unspecified atom stereocenters. The molecule has 0 saturated heterocycles. The molecule has 6 nitrogen and oxygen atoms in total. The molecule has 4 aromatic heterocycles. The van der Waals surface area contributed by atoms with Crippen LogP contribution in [0.2, 0.25) is 0 Å². The number of hydrogen-bond acceptors (Lipinski definition) is 6. The first-order chi connectivity index (χ1) is 19.8. The van der Waals surface area contributed by atoms with Gasteiger partial charge in [0.1, 0.15) is 5.69 Å². The Morgan fingerprint density at radius 3 is 1.85 bits per heavy atom. The SMILES string of the molecule is c1ccc(-c2nc(-c3ccccc3)nc(-c3nc4ccccc4c4cnc5c(ccc6cccnc65)c34)n2)cc1. The summed E-state index contributed by atoms with van der Waals surface area (Å²) < 4.78 is 0. The van der Waals surface area contributed by atoms with Gasteiger partial charge in [-0.25, -0.2) is 19.9 Å². The molecule has 0 aliphatic heterocycles. The molecule has 0 N–H and O–H groups in total. The average molecular weight is 513 g/mol. The Hall–Kier alpha value is -5.62. The molecule has 0 spiro atoms. The lowest BCUT2D eigenvalue weighted by atomic mass is 9.99. The minimum Gasteiger partial charge on any atom is -0.254 e. The highest BCUT2D eigenvalue weighted by molar-refractivity contribution is 6.22. The maximum absolute atomic E-state index is 5.17. The molecular weight excluding hydrogens is 492 g/mol. The molecule has 0 aliphatic carbocycles. The molecule has 4 heterocycles. The molecule has 40 heavy (non-hydrogen) atoms. The van der Waals surface area contributed by atoms with E-state index in [1.54, 1.807) is 6.20 Å². The maximum Gasteiger partial charge on any atom is 0.183 e. The van der Waals surface area contributed by atoms with Crippen LogP contribution in [0.3, 0.4) is 0 Å². The lowest BCUT2D eigenvalue weighted by Gasteiger charge is -2.13. The highest BCUT2D eigenvalue weighted by Crippen LogP contribution is 2.37. The zero-order valence-corrected chi connectivity index (χ0v) is 21.2. The number of rotatable bonds is 3. The predicted octanol–water partition coefficient (Wildman–Crippen LogP) is 7.67. The largest absolute Gasteiger partial charge is 0.254 e. The quantitative estimate of drug-likeness (QED) is 0.226. The van der Waals surface area contributed by atoms with E-state index >= 15 is 0 Å². The summed E-state index contributed by atoms with van der Waals surface area (Å²) in [6.45, 7) is 0. The van der Waals surface area contributed by atoms with Gasteiger partial charge in [-0.2, -0.15) is 0 Å². The van der Waals surface area contributed by atoms with E-state index in [1.807, 2.05) is 91.1 Å². The molecule has 4 aromatic carbocycles. The number of nitrogens with zero attached hydrogens (tertiary/aromatic N) is 6. The molecule has 6 heteroatoms. The standard InChI is InChI=1S/C34H20N6/c1-3-10-22(11-4-1)32-38-33(23-12-5-2-6-13-23)40-34(39-32)31-28-25-18-17-21-14-9-19-35-29(21)30(25)36-20-26(28)24-15-7-8-16-27(24)37-31/h1-20H. The summed E-state index contributed by atoms with van der Waals surface area (Å²) in [7, 11) is 0. The summed E-state index contributed by atoms with van der Waals surface area (Å²) in [5.74, 6) is 1.70. The monoisotopic (exact) mass is 512 g/mol. The van der Waals surface area contributed by atoms with E-state index < -0.39 is 0 Å². The normalized spacial score (nSPS) is 11.5. The topological polar surface area (TPSA) is 77.3 Å². The Kier molecular flexibility index (Phi) is 5.03. The van der Waals surface area contributed by atoms with Crippen molar-refractivity contribution in [2.24, 2.45) is 0 Å². The molecular formula is C34H20N6. The summed E-state index contributed by atoms with van der Waals surface area (Å²) in [4.78, 5) is 29.6.